The minimum Gasteiger partial charge on any atom is -0.508 e. The summed E-state index contributed by atoms with van der Waals surface area (Å²) in [7, 11) is 0. The van der Waals surface area contributed by atoms with Crippen molar-refractivity contribution in [3.8, 4) is 5.75 Å². The van der Waals surface area contributed by atoms with E-state index in [1.807, 2.05) is 30.3 Å². The zero-order chi connectivity index (χ0) is 18.4. The van der Waals surface area contributed by atoms with Gasteiger partial charge in [-0.15, -0.1) is 11.8 Å². The summed E-state index contributed by atoms with van der Waals surface area (Å²) in [5.41, 5.74) is 3.74. The van der Waals surface area contributed by atoms with Gasteiger partial charge in [-0.2, -0.15) is 0 Å². The summed E-state index contributed by atoms with van der Waals surface area (Å²) in [6.07, 6.45) is 0.732. The largest absolute Gasteiger partial charge is 0.508 e. The Labute approximate surface area is 160 Å². The number of benzene rings is 2. The molecule has 0 radical (unpaired) electrons. The molecule has 0 fully saturated rings. The summed E-state index contributed by atoms with van der Waals surface area (Å²) in [6.45, 7) is 2.67. The molecule has 6 heteroatoms. The first kappa shape index (κ1) is 17.3. The van der Waals surface area contributed by atoms with Crippen molar-refractivity contribution < 1.29 is 15.0 Å². The normalized spacial score (nSPS) is 16.2. The molecule has 1 aromatic heterocycles. The van der Waals surface area contributed by atoms with Crippen molar-refractivity contribution in [2.75, 3.05) is 0 Å². The molecule has 2 aromatic carbocycles. The first-order chi connectivity index (χ1) is 12.4. The first-order valence-corrected chi connectivity index (χ1v) is 9.68. The fourth-order valence-electron chi connectivity index (χ4n) is 3.65. The number of halogens is 1. The number of thioether (sulfide) groups is 1. The molecule has 4 nitrogen and oxygen atoms in total. The maximum atomic E-state index is 11.5. The van der Waals surface area contributed by atoms with Crippen LogP contribution in [0.15, 0.2) is 41.3 Å². The van der Waals surface area contributed by atoms with Crippen molar-refractivity contribution in [2.45, 2.75) is 36.5 Å². The van der Waals surface area contributed by atoms with Crippen LogP contribution in [0.5, 0.6) is 5.75 Å². The van der Waals surface area contributed by atoms with E-state index in [0.717, 1.165) is 39.0 Å². The van der Waals surface area contributed by atoms with Crippen LogP contribution in [0.3, 0.4) is 0 Å². The highest BCUT2D eigenvalue weighted by atomic mass is 35.5. The fourth-order valence-corrected chi connectivity index (χ4v) is 5.09. The average molecular weight is 388 g/mol. The highest BCUT2D eigenvalue weighted by Crippen LogP contribution is 2.46. The van der Waals surface area contributed by atoms with Gasteiger partial charge in [0.15, 0.2) is 0 Å². The predicted octanol–water partition coefficient (Wildman–Crippen LogP) is 4.71. The monoisotopic (exact) mass is 387 g/mol. The van der Waals surface area contributed by atoms with E-state index in [1.165, 1.54) is 0 Å². The molecule has 0 saturated carbocycles. The Morgan fingerprint density at radius 3 is 2.69 bits per heavy atom. The molecule has 0 amide bonds. The minimum atomic E-state index is -0.856. The van der Waals surface area contributed by atoms with Crippen LogP contribution in [0, 0.1) is 0 Å². The number of carbonyl (C=O) groups is 1. The van der Waals surface area contributed by atoms with Gasteiger partial charge in [-0.25, -0.2) is 0 Å². The molecule has 1 unspecified atom stereocenters. The maximum Gasteiger partial charge on any atom is 0.309 e. The van der Waals surface area contributed by atoms with Crippen LogP contribution < -0.4 is 0 Å². The zero-order valence-corrected chi connectivity index (χ0v) is 15.8. The Bertz CT molecular complexity index is 1010. The smallest absolute Gasteiger partial charge is 0.309 e. The highest BCUT2D eigenvalue weighted by molar-refractivity contribution is 8.00. The van der Waals surface area contributed by atoms with Gasteiger partial charge in [-0.3, -0.25) is 4.79 Å². The number of nitrogens with zero attached hydrogens (tertiary/aromatic N) is 1. The lowest BCUT2D eigenvalue weighted by Gasteiger charge is -2.20. The Morgan fingerprint density at radius 2 is 2.00 bits per heavy atom. The van der Waals surface area contributed by atoms with Gasteiger partial charge in [0.2, 0.25) is 0 Å². The number of hydrogen-bond acceptors (Lipinski definition) is 3. The Balaban J connectivity index is 1.94. The zero-order valence-electron chi connectivity index (χ0n) is 14.2. The number of phenolic OH excluding ortho intramolecular Hbond substituents is 1. The van der Waals surface area contributed by atoms with Gasteiger partial charge in [0.25, 0.3) is 0 Å². The molecule has 3 aromatic rings. The van der Waals surface area contributed by atoms with Gasteiger partial charge >= 0.3 is 5.97 Å². The predicted molar refractivity (Wildman–Crippen MR) is 105 cm³/mol. The summed E-state index contributed by atoms with van der Waals surface area (Å²) >= 11 is 7.68. The van der Waals surface area contributed by atoms with Crippen molar-refractivity contribution in [1.29, 1.82) is 0 Å². The average Bonchev–Trinajstić information content (AvgIpc) is 2.86. The molecule has 1 atom stereocenters. The quantitative estimate of drug-likeness (QED) is 0.680. The first-order valence-electron chi connectivity index (χ1n) is 8.43. The van der Waals surface area contributed by atoms with E-state index in [9.17, 15) is 15.0 Å². The van der Waals surface area contributed by atoms with Crippen LogP contribution in [-0.2, 0) is 24.2 Å². The van der Waals surface area contributed by atoms with Crippen LogP contribution in [0.1, 0.15) is 23.7 Å². The van der Waals surface area contributed by atoms with Gasteiger partial charge in [0.1, 0.15) is 5.75 Å². The molecule has 134 valence electrons. The van der Waals surface area contributed by atoms with Crippen LogP contribution in [0.4, 0.5) is 0 Å². The number of phenols is 1. The molecule has 2 heterocycles. The lowest BCUT2D eigenvalue weighted by Crippen LogP contribution is -2.11. The molecule has 0 aliphatic carbocycles. The van der Waals surface area contributed by atoms with Gasteiger partial charge in [-0.1, -0.05) is 30.7 Å². The van der Waals surface area contributed by atoms with Gasteiger partial charge in [0, 0.05) is 38.4 Å². The Kier molecular flexibility index (Phi) is 4.37. The van der Waals surface area contributed by atoms with Crippen molar-refractivity contribution in [3.63, 3.8) is 0 Å². The van der Waals surface area contributed by atoms with E-state index >= 15 is 0 Å². The summed E-state index contributed by atoms with van der Waals surface area (Å²) in [6, 6.07) is 11.2. The lowest BCUT2D eigenvalue weighted by molar-refractivity contribution is -0.136. The number of rotatable bonds is 4. The van der Waals surface area contributed by atoms with E-state index in [-0.39, 0.29) is 17.4 Å². The molecule has 0 saturated heterocycles. The minimum absolute atomic E-state index is 0.0441. The SMILES string of the molecule is CC1Cc2c(O)ccc3c2c(c(CC(=O)O)n3Cc2ccc(Cl)cc2)S1. The summed E-state index contributed by atoms with van der Waals surface area (Å²) in [5, 5.41) is 21.8. The molecule has 1 aliphatic heterocycles. The van der Waals surface area contributed by atoms with Crippen LogP contribution in [0.2, 0.25) is 5.02 Å². The molecule has 1 aliphatic rings. The van der Waals surface area contributed by atoms with E-state index in [1.54, 1.807) is 17.8 Å². The maximum absolute atomic E-state index is 11.5. The van der Waals surface area contributed by atoms with Crippen molar-refractivity contribution in [3.05, 3.63) is 58.2 Å². The Hall–Kier alpha value is -2.11. The molecular formula is C20H18ClNO3S. The van der Waals surface area contributed by atoms with Gasteiger partial charge in [-0.05, 0) is 36.2 Å². The topological polar surface area (TPSA) is 62.5 Å². The fraction of sp³-hybridized carbons (Fsp3) is 0.250. The van der Waals surface area contributed by atoms with E-state index < -0.39 is 5.97 Å². The summed E-state index contributed by atoms with van der Waals surface area (Å²) < 4.78 is 2.07. The third-order valence-corrected chi connectivity index (χ3v) is 6.25. The van der Waals surface area contributed by atoms with Gasteiger partial charge < -0.3 is 14.8 Å². The van der Waals surface area contributed by atoms with Crippen LogP contribution >= 0.6 is 23.4 Å². The Morgan fingerprint density at radius 1 is 1.27 bits per heavy atom. The third kappa shape index (κ3) is 2.95. The second-order valence-corrected chi connectivity index (χ2v) is 8.53. The number of carboxylic acid groups (broad SMARTS) is 1. The lowest BCUT2D eigenvalue weighted by atomic mass is 10.0. The second-order valence-electron chi connectivity index (χ2n) is 6.65. The number of aliphatic carboxylic acids is 1. The molecule has 2 N–H and O–H groups in total. The highest BCUT2D eigenvalue weighted by Gasteiger charge is 2.28. The van der Waals surface area contributed by atoms with E-state index in [0.29, 0.717) is 11.6 Å². The number of aromatic nitrogens is 1. The molecule has 4 rings (SSSR count). The molecule has 26 heavy (non-hydrogen) atoms. The molecular weight excluding hydrogens is 370 g/mol. The molecule has 0 bridgehead atoms. The van der Waals surface area contributed by atoms with Crippen molar-refractivity contribution in [1.82, 2.24) is 4.57 Å². The third-order valence-electron chi connectivity index (χ3n) is 4.76. The summed E-state index contributed by atoms with van der Waals surface area (Å²) in [5.74, 6) is -0.567. The summed E-state index contributed by atoms with van der Waals surface area (Å²) in [4.78, 5) is 12.5. The number of hydrogen-bond donors (Lipinski definition) is 2. The van der Waals surface area contributed by atoms with Crippen molar-refractivity contribution in [2.24, 2.45) is 0 Å². The van der Waals surface area contributed by atoms with Gasteiger partial charge in [0.05, 0.1) is 11.9 Å². The number of aromatic hydroxyl groups is 1. The molecule has 0 spiro atoms. The second kappa shape index (κ2) is 6.56. The van der Waals surface area contributed by atoms with Crippen LogP contribution in [-0.4, -0.2) is 26.0 Å². The van der Waals surface area contributed by atoms with Crippen LogP contribution in [0.25, 0.3) is 10.9 Å². The standard InChI is InChI=1S/C20H18ClNO3S/c1-11-8-14-17(23)7-6-15-19(14)20(26-11)16(9-18(24)25)22(15)10-12-2-4-13(21)5-3-12/h2-7,11,23H,8-10H2,1H3,(H,24,25). The van der Waals surface area contributed by atoms with Crippen molar-refractivity contribution >= 4 is 40.2 Å². The van der Waals surface area contributed by atoms with E-state index in [2.05, 4.69) is 11.5 Å². The van der Waals surface area contributed by atoms with E-state index in [4.69, 9.17) is 11.6 Å². The number of carboxylic acids is 1.